The Morgan fingerprint density at radius 3 is 2.26 bits per heavy atom. The third-order valence-corrected chi connectivity index (χ3v) is 5.50. The number of nitrogens with one attached hydrogen (secondary N) is 1. The minimum atomic E-state index is 0.723. The second-order valence-electron chi connectivity index (χ2n) is 5.86. The first-order valence-corrected chi connectivity index (χ1v) is 9.57. The second-order valence-corrected chi connectivity index (χ2v) is 7.33. The lowest BCUT2D eigenvalue weighted by Crippen LogP contribution is -2.34. The van der Waals surface area contributed by atoms with E-state index in [4.69, 9.17) is 0 Å². The van der Waals surface area contributed by atoms with Gasteiger partial charge in [-0.25, -0.2) is 0 Å². The summed E-state index contributed by atoms with van der Waals surface area (Å²) in [6.07, 6.45) is 9.42. The summed E-state index contributed by atoms with van der Waals surface area (Å²) in [6.45, 7) is 12.8. The van der Waals surface area contributed by atoms with E-state index < -0.39 is 0 Å². The van der Waals surface area contributed by atoms with Crippen LogP contribution in [0.4, 0.5) is 0 Å². The van der Waals surface area contributed by atoms with Crippen molar-refractivity contribution >= 4 is 11.8 Å². The molecular weight excluding hydrogens is 250 g/mol. The third-order valence-electron chi connectivity index (χ3n) is 4.00. The van der Waals surface area contributed by atoms with Crippen LogP contribution >= 0.6 is 11.8 Å². The first-order chi connectivity index (χ1) is 9.17. The Bertz CT molecular complexity index is 184. The van der Waals surface area contributed by atoms with Gasteiger partial charge in [0.15, 0.2) is 0 Å². The van der Waals surface area contributed by atoms with Gasteiger partial charge in [0.05, 0.1) is 0 Å². The van der Waals surface area contributed by atoms with E-state index in [1.54, 1.807) is 0 Å². The van der Waals surface area contributed by atoms with Crippen LogP contribution in [0.5, 0.6) is 0 Å². The van der Waals surface area contributed by atoms with E-state index in [-0.39, 0.29) is 0 Å². The summed E-state index contributed by atoms with van der Waals surface area (Å²) in [7, 11) is 0. The average Bonchev–Trinajstić information content (AvgIpc) is 2.44. The lowest BCUT2D eigenvalue weighted by molar-refractivity contribution is 0.364. The minimum absolute atomic E-state index is 0.723. The summed E-state index contributed by atoms with van der Waals surface area (Å²) in [4.78, 5) is 0. The van der Waals surface area contributed by atoms with Crippen molar-refractivity contribution in [3.05, 3.63) is 0 Å². The standard InChI is InChI=1S/C17H37NS/c1-6-10-11-16(9-4)13-17(18-12-7-2)14-19-15(5)8-3/h15-18H,6-14H2,1-5H3. The highest BCUT2D eigenvalue weighted by Crippen LogP contribution is 2.22. The molecule has 0 amide bonds. The summed E-state index contributed by atoms with van der Waals surface area (Å²) >= 11 is 2.15. The van der Waals surface area contributed by atoms with Gasteiger partial charge in [-0.2, -0.15) is 11.8 Å². The van der Waals surface area contributed by atoms with E-state index in [0.717, 1.165) is 17.2 Å². The van der Waals surface area contributed by atoms with Crippen molar-refractivity contribution < 1.29 is 0 Å². The Kier molecular flexibility index (Phi) is 13.5. The lowest BCUT2D eigenvalue weighted by Gasteiger charge is -2.24. The zero-order valence-electron chi connectivity index (χ0n) is 14.0. The van der Waals surface area contributed by atoms with E-state index in [1.165, 1.54) is 57.2 Å². The molecule has 0 fully saturated rings. The fourth-order valence-electron chi connectivity index (χ4n) is 2.34. The molecule has 0 aliphatic carbocycles. The van der Waals surface area contributed by atoms with Crippen LogP contribution in [-0.2, 0) is 0 Å². The van der Waals surface area contributed by atoms with E-state index in [2.05, 4.69) is 51.7 Å². The van der Waals surface area contributed by atoms with E-state index in [9.17, 15) is 0 Å². The van der Waals surface area contributed by atoms with Gasteiger partial charge < -0.3 is 5.32 Å². The summed E-state index contributed by atoms with van der Waals surface area (Å²) in [6, 6.07) is 0.723. The summed E-state index contributed by atoms with van der Waals surface area (Å²) in [5.41, 5.74) is 0. The van der Waals surface area contributed by atoms with Gasteiger partial charge in [0, 0.05) is 17.0 Å². The molecule has 0 aliphatic heterocycles. The highest BCUT2D eigenvalue weighted by Gasteiger charge is 2.15. The Morgan fingerprint density at radius 2 is 1.74 bits per heavy atom. The van der Waals surface area contributed by atoms with Gasteiger partial charge in [0.2, 0.25) is 0 Å². The number of rotatable bonds is 13. The number of thioether (sulfide) groups is 1. The molecule has 0 heterocycles. The number of hydrogen-bond acceptors (Lipinski definition) is 2. The van der Waals surface area contributed by atoms with Crippen LogP contribution < -0.4 is 5.32 Å². The molecule has 0 radical (unpaired) electrons. The van der Waals surface area contributed by atoms with E-state index in [1.807, 2.05) is 0 Å². The molecule has 0 saturated heterocycles. The zero-order valence-corrected chi connectivity index (χ0v) is 14.8. The monoisotopic (exact) mass is 287 g/mol. The predicted molar refractivity (Wildman–Crippen MR) is 92.2 cm³/mol. The quantitative estimate of drug-likeness (QED) is 0.480. The van der Waals surface area contributed by atoms with Crippen molar-refractivity contribution in [2.24, 2.45) is 5.92 Å². The fourth-order valence-corrected chi connectivity index (χ4v) is 3.39. The largest absolute Gasteiger partial charge is 0.313 e. The maximum Gasteiger partial charge on any atom is 0.0160 e. The zero-order chi connectivity index (χ0) is 14.5. The summed E-state index contributed by atoms with van der Waals surface area (Å²) in [5, 5.41) is 4.58. The molecule has 0 aromatic carbocycles. The second kappa shape index (κ2) is 13.3. The predicted octanol–water partition coefficient (Wildman–Crippen LogP) is 5.49. The van der Waals surface area contributed by atoms with Crippen LogP contribution in [0.2, 0.25) is 0 Å². The SMILES string of the molecule is CCCCC(CC)CC(CSC(C)CC)NCCC. The molecule has 2 heteroatoms. The summed E-state index contributed by atoms with van der Waals surface area (Å²) in [5.74, 6) is 2.21. The molecule has 19 heavy (non-hydrogen) atoms. The summed E-state index contributed by atoms with van der Waals surface area (Å²) < 4.78 is 0. The molecular formula is C17H37NS. The Labute approximate surface area is 126 Å². The van der Waals surface area contributed by atoms with Crippen LogP contribution in [0.1, 0.15) is 79.6 Å². The fraction of sp³-hybridized carbons (Fsp3) is 1.00. The van der Waals surface area contributed by atoms with Gasteiger partial charge in [0.1, 0.15) is 0 Å². The molecule has 0 rings (SSSR count). The molecule has 0 spiro atoms. The molecule has 0 bridgehead atoms. The van der Waals surface area contributed by atoms with Crippen LogP contribution in [0, 0.1) is 5.92 Å². The van der Waals surface area contributed by atoms with Crippen molar-refractivity contribution in [1.29, 1.82) is 0 Å². The van der Waals surface area contributed by atoms with Crippen LogP contribution in [-0.4, -0.2) is 23.6 Å². The highest BCUT2D eigenvalue weighted by atomic mass is 32.2. The topological polar surface area (TPSA) is 12.0 Å². The van der Waals surface area contributed by atoms with Gasteiger partial charge in [-0.3, -0.25) is 0 Å². The highest BCUT2D eigenvalue weighted by molar-refractivity contribution is 7.99. The number of hydrogen-bond donors (Lipinski definition) is 1. The van der Waals surface area contributed by atoms with Crippen molar-refractivity contribution in [3.63, 3.8) is 0 Å². The van der Waals surface area contributed by atoms with Crippen LogP contribution in [0.15, 0.2) is 0 Å². The van der Waals surface area contributed by atoms with Crippen molar-refractivity contribution in [2.45, 2.75) is 90.9 Å². The lowest BCUT2D eigenvalue weighted by atomic mass is 9.92. The Morgan fingerprint density at radius 1 is 1.00 bits per heavy atom. The molecule has 3 atom stereocenters. The molecule has 0 aromatic heterocycles. The Balaban J connectivity index is 4.13. The third kappa shape index (κ3) is 10.7. The van der Waals surface area contributed by atoms with Crippen LogP contribution in [0.25, 0.3) is 0 Å². The first kappa shape index (κ1) is 19.3. The molecule has 0 saturated carbocycles. The van der Waals surface area contributed by atoms with Crippen molar-refractivity contribution in [2.75, 3.05) is 12.3 Å². The van der Waals surface area contributed by atoms with Gasteiger partial charge in [-0.05, 0) is 31.7 Å². The maximum atomic E-state index is 3.77. The average molecular weight is 288 g/mol. The minimum Gasteiger partial charge on any atom is -0.313 e. The van der Waals surface area contributed by atoms with E-state index in [0.29, 0.717) is 0 Å². The molecule has 1 nitrogen and oxygen atoms in total. The maximum absolute atomic E-state index is 3.77. The molecule has 0 aromatic rings. The van der Waals surface area contributed by atoms with Crippen molar-refractivity contribution in [3.8, 4) is 0 Å². The number of unbranched alkanes of at least 4 members (excludes halogenated alkanes) is 1. The van der Waals surface area contributed by atoms with E-state index >= 15 is 0 Å². The first-order valence-electron chi connectivity index (χ1n) is 8.52. The van der Waals surface area contributed by atoms with Gasteiger partial charge in [-0.1, -0.05) is 60.3 Å². The van der Waals surface area contributed by atoms with Crippen LogP contribution in [0.3, 0.4) is 0 Å². The van der Waals surface area contributed by atoms with Gasteiger partial charge >= 0.3 is 0 Å². The Hall–Kier alpha value is 0.310. The normalized spacial score (nSPS) is 16.3. The smallest absolute Gasteiger partial charge is 0.0160 e. The molecule has 1 N–H and O–H groups in total. The molecule has 0 aliphatic rings. The van der Waals surface area contributed by atoms with Crippen molar-refractivity contribution in [1.82, 2.24) is 5.32 Å². The molecule has 116 valence electrons. The van der Waals surface area contributed by atoms with Gasteiger partial charge in [0.25, 0.3) is 0 Å². The van der Waals surface area contributed by atoms with Gasteiger partial charge in [-0.15, -0.1) is 0 Å². The molecule has 3 unspecified atom stereocenters.